The average Bonchev–Trinajstić information content (AvgIpc) is 2.19. The number of hydrogen-bond acceptors (Lipinski definition) is 3. The minimum atomic E-state index is 0.0217. The third kappa shape index (κ3) is 4.46. The second kappa shape index (κ2) is 5.36. The summed E-state index contributed by atoms with van der Waals surface area (Å²) in [4.78, 5) is 13.4. The quantitative estimate of drug-likeness (QED) is 0.728. The number of anilines is 2. The van der Waals surface area contributed by atoms with Gasteiger partial charge in [-0.25, -0.2) is 0 Å². The van der Waals surface area contributed by atoms with Gasteiger partial charge in [-0.2, -0.15) is 0 Å². The Morgan fingerprint density at radius 2 is 1.93 bits per heavy atom. The molecular formula is C11H17N3O. The summed E-state index contributed by atoms with van der Waals surface area (Å²) in [6, 6.07) is 7.12. The Bertz CT molecular complexity index is 319. The van der Waals surface area contributed by atoms with Crippen molar-refractivity contribution in [2.24, 2.45) is 0 Å². The van der Waals surface area contributed by atoms with Crippen molar-refractivity contribution in [3.8, 4) is 0 Å². The van der Waals surface area contributed by atoms with Crippen molar-refractivity contribution in [2.75, 3.05) is 31.7 Å². The largest absolute Gasteiger partial charge is 0.399 e. The molecule has 1 aromatic carbocycles. The number of nitrogen functional groups attached to an aromatic ring is 1. The van der Waals surface area contributed by atoms with Crippen LogP contribution in [0.1, 0.15) is 6.42 Å². The standard InChI is InChI=1S/C11H17N3O/c1-14(2)8-7-11(15)13-10-5-3-9(12)4-6-10/h3-6H,7-8,12H2,1-2H3,(H,13,15). The number of nitrogens with one attached hydrogen (secondary N) is 1. The van der Waals surface area contributed by atoms with E-state index in [-0.39, 0.29) is 5.91 Å². The molecule has 1 amide bonds. The number of hydrogen-bond donors (Lipinski definition) is 2. The van der Waals surface area contributed by atoms with E-state index >= 15 is 0 Å². The molecule has 0 spiro atoms. The normalized spacial score (nSPS) is 10.3. The molecule has 3 N–H and O–H groups in total. The Labute approximate surface area is 90.1 Å². The van der Waals surface area contributed by atoms with Crippen molar-refractivity contribution >= 4 is 17.3 Å². The van der Waals surface area contributed by atoms with Crippen LogP contribution >= 0.6 is 0 Å². The third-order valence-corrected chi connectivity index (χ3v) is 1.98. The predicted octanol–water partition coefficient (Wildman–Crippen LogP) is 1.16. The first kappa shape index (κ1) is 11.5. The van der Waals surface area contributed by atoms with E-state index in [2.05, 4.69) is 5.32 Å². The summed E-state index contributed by atoms with van der Waals surface area (Å²) in [5, 5.41) is 2.80. The zero-order valence-electron chi connectivity index (χ0n) is 9.16. The van der Waals surface area contributed by atoms with Gasteiger partial charge in [0, 0.05) is 24.3 Å². The van der Waals surface area contributed by atoms with E-state index in [1.807, 2.05) is 19.0 Å². The zero-order valence-corrected chi connectivity index (χ0v) is 9.16. The molecule has 0 radical (unpaired) electrons. The lowest BCUT2D eigenvalue weighted by Crippen LogP contribution is -2.20. The predicted molar refractivity (Wildman–Crippen MR) is 62.7 cm³/mol. The van der Waals surface area contributed by atoms with E-state index in [0.29, 0.717) is 12.1 Å². The molecule has 0 heterocycles. The number of carbonyl (C=O) groups is 1. The number of nitrogens with zero attached hydrogens (tertiary/aromatic N) is 1. The van der Waals surface area contributed by atoms with Crippen LogP contribution in [0, 0.1) is 0 Å². The molecular weight excluding hydrogens is 190 g/mol. The fraction of sp³-hybridized carbons (Fsp3) is 0.364. The molecule has 0 unspecified atom stereocenters. The molecule has 0 aromatic heterocycles. The highest BCUT2D eigenvalue weighted by atomic mass is 16.1. The van der Waals surface area contributed by atoms with Crippen molar-refractivity contribution in [1.82, 2.24) is 4.90 Å². The topological polar surface area (TPSA) is 58.4 Å². The first-order chi connectivity index (χ1) is 7.08. The summed E-state index contributed by atoms with van der Waals surface area (Å²) < 4.78 is 0. The molecule has 15 heavy (non-hydrogen) atoms. The highest BCUT2D eigenvalue weighted by molar-refractivity contribution is 5.90. The van der Waals surface area contributed by atoms with Crippen molar-refractivity contribution in [1.29, 1.82) is 0 Å². The van der Waals surface area contributed by atoms with Crippen molar-refractivity contribution in [3.63, 3.8) is 0 Å². The second-order valence-electron chi connectivity index (χ2n) is 3.72. The van der Waals surface area contributed by atoms with Crippen LogP contribution in [0.25, 0.3) is 0 Å². The second-order valence-corrected chi connectivity index (χ2v) is 3.72. The molecule has 1 rings (SSSR count). The molecule has 82 valence electrons. The summed E-state index contributed by atoms with van der Waals surface area (Å²) in [6.07, 6.45) is 0.497. The molecule has 0 aliphatic carbocycles. The van der Waals surface area contributed by atoms with Gasteiger partial charge >= 0.3 is 0 Å². The van der Waals surface area contributed by atoms with Crippen LogP contribution in [-0.4, -0.2) is 31.4 Å². The van der Waals surface area contributed by atoms with Gasteiger partial charge in [0.05, 0.1) is 0 Å². The van der Waals surface area contributed by atoms with Gasteiger partial charge < -0.3 is 16.0 Å². The number of carbonyl (C=O) groups excluding carboxylic acids is 1. The first-order valence-corrected chi connectivity index (χ1v) is 4.88. The fourth-order valence-electron chi connectivity index (χ4n) is 1.12. The van der Waals surface area contributed by atoms with E-state index in [4.69, 9.17) is 5.73 Å². The van der Waals surface area contributed by atoms with Crippen LogP contribution in [0.15, 0.2) is 24.3 Å². The first-order valence-electron chi connectivity index (χ1n) is 4.88. The van der Waals surface area contributed by atoms with Crippen LogP contribution in [0.2, 0.25) is 0 Å². The fourth-order valence-corrected chi connectivity index (χ4v) is 1.12. The van der Waals surface area contributed by atoms with Gasteiger partial charge in [-0.05, 0) is 38.4 Å². The monoisotopic (exact) mass is 207 g/mol. The maximum Gasteiger partial charge on any atom is 0.225 e. The molecule has 1 aromatic rings. The summed E-state index contributed by atoms with van der Waals surface area (Å²) in [5.74, 6) is 0.0217. The smallest absolute Gasteiger partial charge is 0.225 e. The highest BCUT2D eigenvalue weighted by Crippen LogP contribution is 2.10. The number of benzene rings is 1. The molecule has 0 bridgehead atoms. The summed E-state index contributed by atoms with van der Waals surface area (Å²) in [6.45, 7) is 0.751. The van der Waals surface area contributed by atoms with Gasteiger partial charge in [0.25, 0.3) is 0 Å². The molecule has 0 saturated heterocycles. The van der Waals surface area contributed by atoms with Crippen LogP contribution < -0.4 is 11.1 Å². The van der Waals surface area contributed by atoms with E-state index in [9.17, 15) is 4.79 Å². The number of nitrogens with two attached hydrogens (primary N) is 1. The lowest BCUT2D eigenvalue weighted by Gasteiger charge is -2.09. The van der Waals surface area contributed by atoms with Crippen LogP contribution in [-0.2, 0) is 4.79 Å². The molecule has 0 atom stereocenters. The lowest BCUT2D eigenvalue weighted by molar-refractivity contribution is -0.116. The molecule has 0 saturated carbocycles. The van der Waals surface area contributed by atoms with Crippen molar-refractivity contribution in [3.05, 3.63) is 24.3 Å². The Balaban J connectivity index is 2.41. The van der Waals surface area contributed by atoms with E-state index in [1.54, 1.807) is 24.3 Å². The van der Waals surface area contributed by atoms with E-state index in [0.717, 1.165) is 12.2 Å². The third-order valence-electron chi connectivity index (χ3n) is 1.98. The van der Waals surface area contributed by atoms with Gasteiger partial charge in [-0.3, -0.25) is 4.79 Å². The molecule has 0 aliphatic rings. The number of rotatable bonds is 4. The van der Waals surface area contributed by atoms with Crippen molar-refractivity contribution < 1.29 is 4.79 Å². The summed E-state index contributed by atoms with van der Waals surface area (Å²) in [7, 11) is 3.88. The molecule has 4 nitrogen and oxygen atoms in total. The maximum absolute atomic E-state index is 11.4. The zero-order chi connectivity index (χ0) is 11.3. The SMILES string of the molecule is CN(C)CCC(=O)Nc1ccc(N)cc1. The van der Waals surface area contributed by atoms with E-state index < -0.39 is 0 Å². The van der Waals surface area contributed by atoms with Crippen molar-refractivity contribution in [2.45, 2.75) is 6.42 Å². The Morgan fingerprint density at radius 3 is 2.47 bits per heavy atom. The minimum absolute atomic E-state index is 0.0217. The van der Waals surface area contributed by atoms with Gasteiger partial charge in [0.1, 0.15) is 0 Å². The maximum atomic E-state index is 11.4. The summed E-state index contributed by atoms with van der Waals surface area (Å²) >= 11 is 0. The van der Waals surface area contributed by atoms with E-state index in [1.165, 1.54) is 0 Å². The van der Waals surface area contributed by atoms with Crippen LogP contribution in [0.5, 0.6) is 0 Å². The number of amides is 1. The Morgan fingerprint density at radius 1 is 1.33 bits per heavy atom. The lowest BCUT2D eigenvalue weighted by atomic mass is 10.2. The minimum Gasteiger partial charge on any atom is -0.399 e. The van der Waals surface area contributed by atoms with Crippen LogP contribution in [0.3, 0.4) is 0 Å². The van der Waals surface area contributed by atoms with Gasteiger partial charge in [-0.15, -0.1) is 0 Å². The van der Waals surface area contributed by atoms with Gasteiger partial charge in [0.15, 0.2) is 0 Å². The van der Waals surface area contributed by atoms with Gasteiger partial charge in [-0.1, -0.05) is 0 Å². The van der Waals surface area contributed by atoms with Crippen LogP contribution in [0.4, 0.5) is 11.4 Å². The average molecular weight is 207 g/mol. The molecule has 0 fully saturated rings. The highest BCUT2D eigenvalue weighted by Gasteiger charge is 2.02. The Hall–Kier alpha value is -1.55. The molecule has 0 aliphatic heterocycles. The van der Waals surface area contributed by atoms with Gasteiger partial charge in [0.2, 0.25) is 5.91 Å². The Kier molecular flexibility index (Phi) is 4.12. The molecule has 4 heteroatoms. The summed E-state index contributed by atoms with van der Waals surface area (Å²) in [5.41, 5.74) is 7.02.